The molecule has 0 heterocycles. The lowest BCUT2D eigenvalue weighted by Gasteiger charge is -1.96. The van der Waals surface area contributed by atoms with Crippen molar-refractivity contribution in [2.75, 3.05) is 0 Å². The number of rotatable bonds is 2. The molecule has 0 radical (unpaired) electrons. The van der Waals surface area contributed by atoms with Crippen molar-refractivity contribution in [3.8, 4) is 22.3 Å². The molecule has 2 aromatic carbocycles. The van der Waals surface area contributed by atoms with Gasteiger partial charge in [0, 0.05) is 11.1 Å². The van der Waals surface area contributed by atoms with Crippen LogP contribution in [0.2, 0.25) is 0 Å². The second-order valence-corrected chi connectivity index (χ2v) is 7.13. The van der Waals surface area contributed by atoms with Gasteiger partial charge in [0.2, 0.25) is 0 Å². The van der Waals surface area contributed by atoms with Crippen molar-refractivity contribution < 1.29 is 0 Å². The lowest BCUT2D eigenvalue weighted by molar-refractivity contribution is 1.65. The lowest BCUT2D eigenvalue weighted by atomic mass is 10.2. The Labute approximate surface area is 151 Å². The molecule has 0 spiro atoms. The molecule has 0 atom stereocenters. The third-order valence-electron chi connectivity index (χ3n) is 2.42. The second-order valence-electron chi connectivity index (χ2n) is 4.00. The van der Waals surface area contributed by atoms with Gasteiger partial charge in [0.05, 0.1) is 8.47 Å². The van der Waals surface area contributed by atoms with Crippen LogP contribution >= 0.6 is 48.8 Å². The van der Waals surface area contributed by atoms with Gasteiger partial charge in [0.1, 0.15) is 0 Å². The summed E-state index contributed by atoms with van der Waals surface area (Å²) in [5, 5.41) is 6.02. The highest BCUT2D eigenvalue weighted by Crippen LogP contribution is 2.32. The molecule has 22 heavy (non-hydrogen) atoms. The van der Waals surface area contributed by atoms with Crippen molar-refractivity contribution >= 4 is 48.8 Å². The van der Waals surface area contributed by atoms with Crippen LogP contribution in [0.25, 0.3) is 0 Å². The predicted molar refractivity (Wildman–Crippen MR) is 107 cm³/mol. The van der Waals surface area contributed by atoms with E-state index in [2.05, 4.69) is 47.6 Å². The first kappa shape index (κ1) is 17.1. The van der Waals surface area contributed by atoms with Crippen LogP contribution in [0.3, 0.4) is 0 Å². The molecule has 0 saturated heterocycles. The van der Waals surface area contributed by atoms with Gasteiger partial charge in [-0.25, -0.2) is 0 Å². The molecule has 0 bridgehead atoms. The molecule has 0 fully saturated rings. The largest absolute Gasteiger partial charge is 0.134 e. The second kappa shape index (κ2) is 9.66. The molecule has 0 amide bonds. The molecule has 0 unspecified atom stereocenters. The number of hydrogen-bond donors (Lipinski definition) is 2. The van der Waals surface area contributed by atoms with Crippen molar-refractivity contribution in [2.24, 2.45) is 0 Å². The van der Waals surface area contributed by atoms with Crippen LogP contribution in [0.5, 0.6) is 0 Å². The highest BCUT2D eigenvalue weighted by Gasteiger charge is 1.98. The Morgan fingerprint density at radius 2 is 1.00 bits per heavy atom. The first-order valence-corrected chi connectivity index (χ1v) is 8.86. The Balaban J connectivity index is 1.93. The molecular formula is C18H12S4. The standard InChI is InChI=1S/C18H12S4/c19-17(21-13-11-15-7-3-1-4-8-15)18(20)22-14-12-16-9-5-2-6-10-16/h1-10,19-20H. The molecule has 0 N–H and O–H groups in total. The van der Waals surface area contributed by atoms with Crippen LogP contribution in [0.1, 0.15) is 11.1 Å². The van der Waals surface area contributed by atoms with E-state index in [4.69, 9.17) is 0 Å². The Morgan fingerprint density at radius 3 is 1.36 bits per heavy atom. The minimum absolute atomic E-state index is 0.749. The van der Waals surface area contributed by atoms with Gasteiger partial charge >= 0.3 is 0 Å². The molecule has 4 heteroatoms. The zero-order valence-corrected chi connectivity index (χ0v) is 14.9. The average molecular weight is 357 g/mol. The van der Waals surface area contributed by atoms with Crippen molar-refractivity contribution in [1.82, 2.24) is 0 Å². The Kier molecular flexibility index (Phi) is 7.49. The van der Waals surface area contributed by atoms with E-state index in [1.165, 1.54) is 23.5 Å². The molecule has 2 rings (SSSR count). The topological polar surface area (TPSA) is 0 Å². The van der Waals surface area contributed by atoms with Gasteiger partial charge in [-0.05, 0) is 58.3 Å². The van der Waals surface area contributed by atoms with Gasteiger partial charge in [0.25, 0.3) is 0 Å². The molecule has 108 valence electrons. The fourth-order valence-electron chi connectivity index (χ4n) is 1.40. The number of thiol groups is 2. The van der Waals surface area contributed by atoms with Gasteiger partial charge in [-0.15, -0.1) is 25.3 Å². The van der Waals surface area contributed by atoms with Crippen LogP contribution in [-0.4, -0.2) is 0 Å². The van der Waals surface area contributed by atoms with Gasteiger partial charge in [0.15, 0.2) is 0 Å². The average Bonchev–Trinajstić information content (AvgIpc) is 2.56. The van der Waals surface area contributed by atoms with Gasteiger partial charge < -0.3 is 0 Å². The van der Waals surface area contributed by atoms with E-state index < -0.39 is 0 Å². The van der Waals surface area contributed by atoms with Gasteiger partial charge in [-0.2, -0.15) is 0 Å². The maximum absolute atomic E-state index is 4.41. The Bertz CT molecular complexity index is 689. The Morgan fingerprint density at radius 1 is 0.636 bits per heavy atom. The molecule has 0 aromatic heterocycles. The van der Waals surface area contributed by atoms with Crippen molar-refractivity contribution in [3.63, 3.8) is 0 Å². The summed E-state index contributed by atoms with van der Waals surface area (Å²) >= 11 is 11.5. The number of benzene rings is 2. The normalized spacial score (nSPS) is 10.6. The third-order valence-corrected chi connectivity index (χ3v) is 5.22. The zero-order chi connectivity index (χ0) is 15.6. The minimum atomic E-state index is 0.749. The quantitative estimate of drug-likeness (QED) is 0.542. The van der Waals surface area contributed by atoms with E-state index in [1.807, 2.05) is 60.7 Å². The molecule has 2 aromatic rings. The zero-order valence-electron chi connectivity index (χ0n) is 11.5. The minimum Gasteiger partial charge on any atom is -0.134 e. The third kappa shape index (κ3) is 6.22. The Hall–Kier alpha value is -1.30. The molecular weight excluding hydrogens is 344 g/mol. The summed E-state index contributed by atoms with van der Waals surface area (Å²) in [5.41, 5.74) is 1.96. The predicted octanol–water partition coefficient (Wildman–Crippen LogP) is 5.46. The summed E-state index contributed by atoms with van der Waals surface area (Å²) in [6.07, 6.45) is 0. The molecule has 0 saturated carbocycles. The van der Waals surface area contributed by atoms with Gasteiger partial charge in [-0.1, -0.05) is 48.2 Å². The van der Waals surface area contributed by atoms with Crippen LogP contribution in [-0.2, 0) is 0 Å². The monoisotopic (exact) mass is 356 g/mol. The van der Waals surface area contributed by atoms with E-state index in [-0.39, 0.29) is 0 Å². The van der Waals surface area contributed by atoms with E-state index in [9.17, 15) is 0 Å². The summed E-state index contributed by atoms with van der Waals surface area (Å²) in [4.78, 5) is 0. The fourth-order valence-corrected chi connectivity index (χ4v) is 2.90. The number of hydrogen-bond acceptors (Lipinski definition) is 4. The summed E-state index contributed by atoms with van der Waals surface area (Å²) in [6, 6.07) is 19.7. The number of thioether (sulfide) groups is 2. The molecule has 0 nitrogen and oxygen atoms in total. The highest BCUT2D eigenvalue weighted by molar-refractivity contribution is 8.24. The fraction of sp³-hybridized carbons (Fsp3) is 0. The SMILES string of the molecule is SC(SC#Cc1ccccc1)=C(S)SC#Cc1ccccc1. The highest BCUT2D eigenvalue weighted by atomic mass is 32.2. The van der Waals surface area contributed by atoms with Gasteiger partial charge in [-0.3, -0.25) is 0 Å². The maximum atomic E-state index is 4.41. The maximum Gasteiger partial charge on any atom is 0.0708 e. The summed E-state index contributed by atoms with van der Waals surface area (Å²) in [5.74, 6) is 6.13. The van der Waals surface area contributed by atoms with E-state index >= 15 is 0 Å². The smallest absolute Gasteiger partial charge is 0.0708 e. The summed E-state index contributed by atoms with van der Waals surface area (Å²) in [7, 11) is 0. The van der Waals surface area contributed by atoms with E-state index in [0.29, 0.717) is 0 Å². The van der Waals surface area contributed by atoms with Crippen LogP contribution < -0.4 is 0 Å². The lowest BCUT2D eigenvalue weighted by Crippen LogP contribution is -1.71. The van der Waals surface area contributed by atoms with E-state index in [1.54, 1.807) is 0 Å². The van der Waals surface area contributed by atoms with Crippen molar-refractivity contribution in [2.45, 2.75) is 0 Å². The first-order valence-electron chi connectivity index (χ1n) is 6.34. The van der Waals surface area contributed by atoms with Crippen LogP contribution in [0, 0.1) is 22.3 Å². The summed E-state index contributed by atoms with van der Waals surface area (Å²) < 4.78 is 1.50. The summed E-state index contributed by atoms with van der Waals surface area (Å²) in [6.45, 7) is 0. The molecule has 0 aliphatic carbocycles. The van der Waals surface area contributed by atoms with Crippen LogP contribution in [0.15, 0.2) is 69.1 Å². The first-order chi connectivity index (χ1) is 10.8. The van der Waals surface area contributed by atoms with E-state index in [0.717, 1.165) is 19.6 Å². The van der Waals surface area contributed by atoms with Crippen molar-refractivity contribution in [3.05, 3.63) is 80.3 Å². The van der Waals surface area contributed by atoms with Crippen molar-refractivity contribution in [1.29, 1.82) is 0 Å². The molecule has 0 aliphatic heterocycles. The molecule has 0 aliphatic rings. The van der Waals surface area contributed by atoms with Crippen LogP contribution in [0.4, 0.5) is 0 Å².